The fourth-order valence-corrected chi connectivity index (χ4v) is 1.24. The molecule has 0 aromatic heterocycles. The summed E-state index contributed by atoms with van der Waals surface area (Å²) >= 11 is 0. The Morgan fingerprint density at radius 2 is 2.00 bits per heavy atom. The van der Waals surface area contributed by atoms with Crippen molar-refractivity contribution >= 4 is 0 Å². The molecule has 0 radical (unpaired) electrons. The highest BCUT2D eigenvalue weighted by molar-refractivity contribution is 4.60. The molecule has 0 aliphatic heterocycles. The summed E-state index contributed by atoms with van der Waals surface area (Å²) in [5.41, 5.74) is 0. The van der Waals surface area contributed by atoms with Gasteiger partial charge in [-0.15, -0.1) is 0 Å². The van der Waals surface area contributed by atoms with Gasteiger partial charge in [-0.25, -0.2) is 0 Å². The fourth-order valence-electron chi connectivity index (χ4n) is 1.24. The van der Waals surface area contributed by atoms with Crippen LogP contribution < -0.4 is 5.32 Å². The van der Waals surface area contributed by atoms with Crippen LogP contribution in [0.25, 0.3) is 0 Å². The van der Waals surface area contributed by atoms with Gasteiger partial charge < -0.3 is 10.1 Å². The second kappa shape index (κ2) is 7.93. The number of nitrogens with one attached hydrogen (secondary N) is 1. The van der Waals surface area contributed by atoms with Crippen molar-refractivity contribution in [3.05, 3.63) is 0 Å². The first-order chi connectivity index (χ1) is 6.95. The van der Waals surface area contributed by atoms with Gasteiger partial charge in [0, 0.05) is 13.2 Å². The minimum absolute atomic E-state index is 0.257. The molecule has 0 heterocycles. The molecule has 0 saturated carbocycles. The SMILES string of the molecule is CCOCCCC(C)CNCC(F)(F)F. The van der Waals surface area contributed by atoms with E-state index in [0.29, 0.717) is 19.8 Å². The summed E-state index contributed by atoms with van der Waals surface area (Å²) < 4.78 is 40.5. The van der Waals surface area contributed by atoms with E-state index in [2.05, 4.69) is 5.32 Å². The molecule has 0 aromatic rings. The normalized spacial score (nSPS) is 14.2. The quantitative estimate of drug-likeness (QED) is 0.643. The fraction of sp³-hybridized carbons (Fsp3) is 1.00. The van der Waals surface area contributed by atoms with Crippen molar-refractivity contribution < 1.29 is 17.9 Å². The molecule has 1 unspecified atom stereocenters. The van der Waals surface area contributed by atoms with Crippen molar-refractivity contribution in [1.29, 1.82) is 0 Å². The van der Waals surface area contributed by atoms with Crippen molar-refractivity contribution in [3.63, 3.8) is 0 Å². The molecule has 0 bridgehead atoms. The average Bonchev–Trinajstić information content (AvgIpc) is 2.10. The molecule has 0 aliphatic rings. The van der Waals surface area contributed by atoms with Gasteiger partial charge in [0.25, 0.3) is 0 Å². The third-order valence-corrected chi connectivity index (χ3v) is 2.01. The summed E-state index contributed by atoms with van der Waals surface area (Å²) in [6.07, 6.45) is -2.31. The van der Waals surface area contributed by atoms with Crippen LogP contribution in [0.5, 0.6) is 0 Å². The lowest BCUT2D eigenvalue weighted by Crippen LogP contribution is -2.31. The zero-order valence-corrected chi connectivity index (χ0v) is 9.36. The first-order valence-corrected chi connectivity index (χ1v) is 5.31. The van der Waals surface area contributed by atoms with Gasteiger partial charge in [-0.05, 0) is 32.2 Å². The Kier molecular flexibility index (Phi) is 7.78. The predicted octanol–water partition coefficient (Wildman–Crippen LogP) is 2.59. The molecule has 0 aliphatic carbocycles. The smallest absolute Gasteiger partial charge is 0.382 e. The lowest BCUT2D eigenvalue weighted by Gasteiger charge is -2.13. The Labute approximate surface area is 89.2 Å². The summed E-state index contributed by atoms with van der Waals surface area (Å²) in [5.74, 6) is 0.257. The topological polar surface area (TPSA) is 21.3 Å². The molecule has 0 rings (SSSR count). The van der Waals surface area contributed by atoms with E-state index in [1.807, 2.05) is 13.8 Å². The van der Waals surface area contributed by atoms with Gasteiger partial charge in [0.2, 0.25) is 0 Å². The highest BCUT2D eigenvalue weighted by Gasteiger charge is 2.26. The van der Waals surface area contributed by atoms with E-state index in [9.17, 15) is 13.2 Å². The number of ether oxygens (including phenoxy) is 1. The van der Waals surface area contributed by atoms with Gasteiger partial charge in [0.05, 0.1) is 6.54 Å². The number of alkyl halides is 3. The molecule has 0 fully saturated rings. The Balaban J connectivity index is 3.29. The van der Waals surface area contributed by atoms with Crippen LogP contribution in [0.15, 0.2) is 0 Å². The van der Waals surface area contributed by atoms with Crippen molar-refractivity contribution in [3.8, 4) is 0 Å². The Bertz CT molecular complexity index is 150. The number of hydrogen-bond acceptors (Lipinski definition) is 2. The van der Waals surface area contributed by atoms with Crippen molar-refractivity contribution in [1.82, 2.24) is 5.32 Å². The molecule has 0 spiro atoms. The molecule has 0 amide bonds. The van der Waals surface area contributed by atoms with E-state index in [1.165, 1.54) is 0 Å². The molecule has 5 heteroatoms. The molecule has 0 aromatic carbocycles. The zero-order chi connectivity index (χ0) is 11.7. The van der Waals surface area contributed by atoms with Crippen molar-refractivity contribution in [2.45, 2.75) is 32.9 Å². The molecular formula is C10H20F3NO. The van der Waals surface area contributed by atoms with Gasteiger partial charge >= 0.3 is 6.18 Å². The Hall–Kier alpha value is -0.290. The van der Waals surface area contributed by atoms with E-state index >= 15 is 0 Å². The molecule has 0 saturated heterocycles. The second-order valence-corrected chi connectivity index (χ2v) is 3.69. The van der Waals surface area contributed by atoms with Crippen LogP contribution >= 0.6 is 0 Å². The monoisotopic (exact) mass is 227 g/mol. The highest BCUT2D eigenvalue weighted by Crippen LogP contribution is 2.12. The van der Waals surface area contributed by atoms with Crippen LogP contribution in [-0.2, 0) is 4.74 Å². The lowest BCUT2D eigenvalue weighted by atomic mass is 10.1. The van der Waals surface area contributed by atoms with Gasteiger partial charge in [-0.3, -0.25) is 0 Å². The van der Waals surface area contributed by atoms with Crippen LogP contribution in [0, 0.1) is 5.92 Å². The maximum atomic E-state index is 11.8. The molecule has 15 heavy (non-hydrogen) atoms. The third kappa shape index (κ3) is 11.6. The van der Waals surface area contributed by atoms with Crippen molar-refractivity contribution in [2.75, 3.05) is 26.3 Å². The van der Waals surface area contributed by atoms with Crippen molar-refractivity contribution in [2.24, 2.45) is 5.92 Å². The van der Waals surface area contributed by atoms with Crippen LogP contribution in [-0.4, -0.2) is 32.5 Å². The average molecular weight is 227 g/mol. The summed E-state index contributed by atoms with van der Waals surface area (Å²) in [4.78, 5) is 0. The van der Waals surface area contributed by atoms with Crippen LogP contribution in [0.1, 0.15) is 26.7 Å². The standard InChI is InChI=1S/C10H20F3NO/c1-3-15-6-4-5-9(2)7-14-8-10(11,12)13/h9,14H,3-8H2,1-2H3. The second-order valence-electron chi connectivity index (χ2n) is 3.69. The maximum absolute atomic E-state index is 11.8. The summed E-state index contributed by atoms with van der Waals surface area (Å²) in [7, 11) is 0. The third-order valence-electron chi connectivity index (χ3n) is 2.01. The number of rotatable bonds is 8. The maximum Gasteiger partial charge on any atom is 0.401 e. The number of halogens is 3. The van der Waals surface area contributed by atoms with E-state index in [0.717, 1.165) is 12.8 Å². The van der Waals surface area contributed by atoms with Gasteiger partial charge in [-0.1, -0.05) is 6.92 Å². The first kappa shape index (κ1) is 14.7. The van der Waals surface area contributed by atoms with E-state index in [4.69, 9.17) is 4.74 Å². The molecule has 2 nitrogen and oxygen atoms in total. The predicted molar refractivity (Wildman–Crippen MR) is 53.8 cm³/mol. The minimum atomic E-state index is -4.11. The van der Waals surface area contributed by atoms with E-state index < -0.39 is 12.7 Å². The minimum Gasteiger partial charge on any atom is -0.382 e. The van der Waals surface area contributed by atoms with Gasteiger partial charge in [0.15, 0.2) is 0 Å². The first-order valence-electron chi connectivity index (χ1n) is 5.31. The van der Waals surface area contributed by atoms with E-state index in [-0.39, 0.29) is 5.92 Å². The van der Waals surface area contributed by atoms with Crippen LogP contribution in [0.4, 0.5) is 13.2 Å². The lowest BCUT2D eigenvalue weighted by molar-refractivity contribution is -0.125. The van der Waals surface area contributed by atoms with Crippen LogP contribution in [0.3, 0.4) is 0 Å². The van der Waals surface area contributed by atoms with Crippen LogP contribution in [0.2, 0.25) is 0 Å². The van der Waals surface area contributed by atoms with Gasteiger partial charge in [0.1, 0.15) is 0 Å². The summed E-state index contributed by atoms with van der Waals surface area (Å²) in [6.45, 7) is 4.76. The largest absolute Gasteiger partial charge is 0.401 e. The Morgan fingerprint density at radius 3 is 2.53 bits per heavy atom. The molecule has 1 N–H and O–H groups in total. The highest BCUT2D eigenvalue weighted by atomic mass is 19.4. The number of hydrogen-bond donors (Lipinski definition) is 1. The van der Waals surface area contributed by atoms with E-state index in [1.54, 1.807) is 0 Å². The molecule has 1 atom stereocenters. The zero-order valence-electron chi connectivity index (χ0n) is 9.36. The molecule has 92 valence electrons. The van der Waals surface area contributed by atoms with Gasteiger partial charge in [-0.2, -0.15) is 13.2 Å². The summed E-state index contributed by atoms with van der Waals surface area (Å²) in [6, 6.07) is 0. The Morgan fingerprint density at radius 1 is 1.33 bits per heavy atom. The summed E-state index contributed by atoms with van der Waals surface area (Å²) in [5, 5.41) is 2.40. The molecular weight excluding hydrogens is 207 g/mol.